The second-order valence-electron chi connectivity index (χ2n) is 5.42. The van der Waals surface area contributed by atoms with Gasteiger partial charge >= 0.3 is 0 Å². The van der Waals surface area contributed by atoms with Crippen LogP contribution in [0.4, 0.5) is 0 Å². The molecule has 2 N–H and O–H groups in total. The van der Waals surface area contributed by atoms with Gasteiger partial charge < -0.3 is 5.11 Å². The molecule has 0 aromatic heterocycles. The summed E-state index contributed by atoms with van der Waals surface area (Å²) < 4.78 is 27.4. The van der Waals surface area contributed by atoms with Gasteiger partial charge in [-0.15, -0.1) is 0 Å². The summed E-state index contributed by atoms with van der Waals surface area (Å²) in [4.78, 5) is 0.261. The van der Waals surface area contributed by atoms with Crippen molar-refractivity contribution in [3.05, 3.63) is 29.8 Å². The molecule has 0 amide bonds. The fourth-order valence-corrected chi connectivity index (χ4v) is 4.03. The molecule has 0 spiro atoms. The maximum absolute atomic E-state index is 12.4. The van der Waals surface area contributed by atoms with Crippen molar-refractivity contribution in [1.82, 2.24) is 4.72 Å². The van der Waals surface area contributed by atoms with E-state index in [1.807, 2.05) is 6.92 Å². The van der Waals surface area contributed by atoms with Crippen molar-refractivity contribution < 1.29 is 13.5 Å². The van der Waals surface area contributed by atoms with Gasteiger partial charge in [0.1, 0.15) is 0 Å². The number of aliphatic hydroxyl groups is 1. The molecule has 1 aromatic rings. The van der Waals surface area contributed by atoms with Gasteiger partial charge in [0.2, 0.25) is 10.0 Å². The van der Waals surface area contributed by atoms with Crippen LogP contribution in [0.1, 0.15) is 37.7 Å². The number of aliphatic hydroxyl groups excluding tert-OH is 1. The van der Waals surface area contributed by atoms with E-state index in [0.29, 0.717) is 12.8 Å². The van der Waals surface area contributed by atoms with Crippen LogP contribution in [0.15, 0.2) is 29.2 Å². The lowest BCUT2D eigenvalue weighted by Gasteiger charge is -2.36. The standard InChI is InChI=1S/C14H21NO3S/c1-12-5-7-13(8-6-12)19(17,18)15-14(11-16)9-3-2-4-10-14/h5-8,15-16H,2-4,9-11H2,1H3. The Morgan fingerprint density at radius 3 is 2.26 bits per heavy atom. The van der Waals surface area contributed by atoms with E-state index in [-0.39, 0.29) is 11.5 Å². The van der Waals surface area contributed by atoms with Crippen molar-refractivity contribution in [3.8, 4) is 0 Å². The van der Waals surface area contributed by atoms with Crippen LogP contribution < -0.4 is 4.72 Å². The summed E-state index contributed by atoms with van der Waals surface area (Å²) in [5.74, 6) is 0. The molecule has 0 heterocycles. The molecule has 2 rings (SSSR count). The maximum atomic E-state index is 12.4. The Hall–Kier alpha value is -0.910. The first-order valence-electron chi connectivity index (χ1n) is 6.69. The minimum absolute atomic E-state index is 0.141. The fraction of sp³-hybridized carbons (Fsp3) is 0.571. The molecular weight excluding hydrogens is 262 g/mol. The van der Waals surface area contributed by atoms with Crippen molar-refractivity contribution in [2.75, 3.05) is 6.61 Å². The number of benzene rings is 1. The molecule has 0 aliphatic heterocycles. The van der Waals surface area contributed by atoms with Crippen LogP contribution >= 0.6 is 0 Å². The lowest BCUT2D eigenvalue weighted by atomic mass is 9.83. The van der Waals surface area contributed by atoms with E-state index in [0.717, 1.165) is 24.8 Å². The van der Waals surface area contributed by atoms with Gasteiger partial charge in [-0.25, -0.2) is 13.1 Å². The van der Waals surface area contributed by atoms with Crippen LogP contribution in [0, 0.1) is 6.92 Å². The van der Waals surface area contributed by atoms with Gasteiger partial charge in [0, 0.05) is 0 Å². The van der Waals surface area contributed by atoms with Crippen LogP contribution in [-0.2, 0) is 10.0 Å². The minimum atomic E-state index is -3.56. The normalized spacial score (nSPS) is 19.3. The van der Waals surface area contributed by atoms with E-state index < -0.39 is 15.6 Å². The van der Waals surface area contributed by atoms with Crippen molar-refractivity contribution in [2.24, 2.45) is 0 Å². The van der Waals surface area contributed by atoms with Gasteiger partial charge in [0.25, 0.3) is 0 Å². The zero-order chi connectivity index (χ0) is 13.9. The van der Waals surface area contributed by atoms with Crippen LogP contribution in [0.3, 0.4) is 0 Å². The van der Waals surface area contributed by atoms with Gasteiger partial charge in [-0.05, 0) is 31.9 Å². The predicted molar refractivity (Wildman–Crippen MR) is 74.4 cm³/mol. The molecule has 1 saturated carbocycles. The first-order valence-corrected chi connectivity index (χ1v) is 8.17. The first-order chi connectivity index (χ1) is 8.97. The van der Waals surface area contributed by atoms with Crippen LogP contribution in [0.5, 0.6) is 0 Å². The van der Waals surface area contributed by atoms with Gasteiger partial charge in [-0.1, -0.05) is 37.0 Å². The highest BCUT2D eigenvalue weighted by Gasteiger charge is 2.35. The number of hydrogen-bond acceptors (Lipinski definition) is 3. The lowest BCUT2D eigenvalue weighted by molar-refractivity contribution is 0.142. The zero-order valence-electron chi connectivity index (χ0n) is 11.2. The molecular formula is C14H21NO3S. The number of hydrogen-bond donors (Lipinski definition) is 2. The summed E-state index contributed by atoms with van der Waals surface area (Å²) in [5.41, 5.74) is 0.343. The topological polar surface area (TPSA) is 66.4 Å². The molecule has 5 heteroatoms. The average Bonchev–Trinajstić information content (AvgIpc) is 2.40. The van der Waals surface area contributed by atoms with Gasteiger partial charge in [-0.3, -0.25) is 0 Å². The Morgan fingerprint density at radius 2 is 1.74 bits per heavy atom. The molecule has 106 valence electrons. The smallest absolute Gasteiger partial charge is 0.241 e. The van der Waals surface area contributed by atoms with E-state index in [4.69, 9.17) is 0 Å². The van der Waals surface area contributed by atoms with Crippen molar-refractivity contribution in [2.45, 2.75) is 49.5 Å². The summed E-state index contributed by atoms with van der Waals surface area (Å²) >= 11 is 0. The summed E-state index contributed by atoms with van der Waals surface area (Å²) in [6.07, 6.45) is 4.42. The zero-order valence-corrected chi connectivity index (χ0v) is 12.0. The number of sulfonamides is 1. The maximum Gasteiger partial charge on any atom is 0.241 e. The van der Waals surface area contributed by atoms with Crippen LogP contribution in [0.25, 0.3) is 0 Å². The van der Waals surface area contributed by atoms with E-state index in [1.165, 1.54) is 0 Å². The molecule has 1 aliphatic rings. The largest absolute Gasteiger partial charge is 0.394 e. The van der Waals surface area contributed by atoms with Gasteiger partial charge in [-0.2, -0.15) is 0 Å². The molecule has 0 atom stereocenters. The third kappa shape index (κ3) is 3.35. The molecule has 0 unspecified atom stereocenters. The van der Waals surface area contributed by atoms with E-state index in [2.05, 4.69) is 4.72 Å². The lowest BCUT2D eigenvalue weighted by Crippen LogP contribution is -2.52. The average molecular weight is 283 g/mol. The summed E-state index contributed by atoms with van der Waals surface area (Å²) in [6.45, 7) is 1.78. The summed E-state index contributed by atoms with van der Waals surface area (Å²) in [7, 11) is -3.56. The molecule has 4 nitrogen and oxygen atoms in total. The second kappa shape index (κ2) is 5.61. The Labute approximate surface area is 114 Å². The highest BCUT2D eigenvalue weighted by Crippen LogP contribution is 2.29. The first kappa shape index (κ1) is 14.5. The fourth-order valence-electron chi connectivity index (χ4n) is 2.58. The molecule has 1 aliphatic carbocycles. The molecule has 19 heavy (non-hydrogen) atoms. The molecule has 1 fully saturated rings. The van der Waals surface area contributed by atoms with E-state index in [9.17, 15) is 13.5 Å². The monoisotopic (exact) mass is 283 g/mol. The Balaban J connectivity index is 2.22. The third-order valence-electron chi connectivity index (χ3n) is 3.80. The SMILES string of the molecule is Cc1ccc(S(=O)(=O)NC2(CO)CCCCC2)cc1. The molecule has 0 bridgehead atoms. The summed E-state index contributed by atoms with van der Waals surface area (Å²) in [5, 5.41) is 9.57. The Bertz CT molecular complexity index is 516. The summed E-state index contributed by atoms with van der Waals surface area (Å²) in [6, 6.07) is 6.76. The molecule has 1 aromatic carbocycles. The minimum Gasteiger partial charge on any atom is -0.394 e. The van der Waals surface area contributed by atoms with Crippen LogP contribution in [0.2, 0.25) is 0 Å². The van der Waals surface area contributed by atoms with Crippen LogP contribution in [-0.4, -0.2) is 25.7 Å². The Kier molecular flexibility index (Phi) is 4.28. The number of nitrogens with one attached hydrogen (secondary N) is 1. The number of aryl methyl sites for hydroxylation is 1. The molecule has 0 radical (unpaired) electrons. The van der Waals surface area contributed by atoms with Gasteiger partial charge in [0.05, 0.1) is 17.0 Å². The second-order valence-corrected chi connectivity index (χ2v) is 7.10. The van der Waals surface area contributed by atoms with Crippen molar-refractivity contribution >= 4 is 10.0 Å². The highest BCUT2D eigenvalue weighted by molar-refractivity contribution is 7.89. The number of rotatable bonds is 4. The third-order valence-corrected chi connectivity index (χ3v) is 5.39. The molecule has 0 saturated heterocycles. The van der Waals surface area contributed by atoms with E-state index in [1.54, 1.807) is 24.3 Å². The highest BCUT2D eigenvalue weighted by atomic mass is 32.2. The van der Waals surface area contributed by atoms with Crippen molar-refractivity contribution in [1.29, 1.82) is 0 Å². The van der Waals surface area contributed by atoms with Gasteiger partial charge in [0.15, 0.2) is 0 Å². The predicted octanol–water partition coefficient (Wildman–Crippen LogP) is 1.97. The van der Waals surface area contributed by atoms with Crippen molar-refractivity contribution in [3.63, 3.8) is 0 Å². The quantitative estimate of drug-likeness (QED) is 0.888. The Morgan fingerprint density at radius 1 is 1.16 bits per heavy atom. The van der Waals surface area contributed by atoms with E-state index >= 15 is 0 Å².